The zero-order valence-electron chi connectivity index (χ0n) is 18.8. The number of hydrogen-bond donors (Lipinski definition) is 4. The van der Waals surface area contributed by atoms with Crippen molar-refractivity contribution in [1.29, 1.82) is 0 Å². The number of allylic oxidation sites excluding steroid dienone is 2. The van der Waals surface area contributed by atoms with E-state index in [1.165, 1.54) is 6.07 Å². The fourth-order valence-electron chi connectivity index (χ4n) is 5.73. The lowest BCUT2D eigenvalue weighted by molar-refractivity contribution is -0.144. The summed E-state index contributed by atoms with van der Waals surface area (Å²) in [5.41, 5.74) is 0.237. The minimum Gasteiger partial charge on any atom is -0.511 e. The second-order valence-corrected chi connectivity index (χ2v) is 9.45. The predicted molar refractivity (Wildman–Crippen MR) is 122 cm³/mol. The highest BCUT2D eigenvalue weighted by atomic mass is 16.3. The van der Waals surface area contributed by atoms with Crippen molar-refractivity contribution in [3.63, 3.8) is 0 Å². The molecule has 5 rings (SSSR count). The summed E-state index contributed by atoms with van der Waals surface area (Å²) in [5, 5.41) is 43.4. The Balaban J connectivity index is 1.68. The van der Waals surface area contributed by atoms with Crippen LogP contribution in [0, 0.1) is 18.8 Å². The van der Waals surface area contributed by atoms with Crippen LogP contribution in [-0.4, -0.2) is 43.4 Å². The molecule has 7 nitrogen and oxygen atoms in total. The summed E-state index contributed by atoms with van der Waals surface area (Å²) in [6.45, 7) is 3.06. The van der Waals surface area contributed by atoms with E-state index in [1.54, 1.807) is 6.07 Å². The number of benzene rings is 2. The molecule has 4 N–H and O–H groups in total. The van der Waals surface area contributed by atoms with Crippen LogP contribution in [0.15, 0.2) is 59.1 Å². The molecule has 3 aliphatic rings. The van der Waals surface area contributed by atoms with Gasteiger partial charge in [-0.15, -0.1) is 0 Å². The highest BCUT2D eigenvalue weighted by molar-refractivity contribution is 6.25. The average Bonchev–Trinajstić information content (AvgIpc) is 2.77. The Morgan fingerprint density at radius 1 is 1.00 bits per heavy atom. The van der Waals surface area contributed by atoms with E-state index in [2.05, 4.69) is 0 Å². The highest BCUT2D eigenvalue weighted by Gasteiger charge is 2.59. The summed E-state index contributed by atoms with van der Waals surface area (Å²) in [7, 11) is 0. The van der Waals surface area contributed by atoms with Gasteiger partial charge in [-0.2, -0.15) is 0 Å². The minimum atomic E-state index is -2.48. The van der Waals surface area contributed by atoms with Gasteiger partial charge >= 0.3 is 0 Å². The van der Waals surface area contributed by atoms with Crippen molar-refractivity contribution in [1.82, 2.24) is 0 Å². The second kappa shape index (κ2) is 7.40. The number of carbonyl (C=O) groups is 3. The molecule has 0 bridgehead atoms. The molecule has 34 heavy (non-hydrogen) atoms. The van der Waals surface area contributed by atoms with E-state index in [1.807, 2.05) is 31.2 Å². The maximum Gasteiger partial charge on any atom is 0.209 e. The average molecular weight is 460 g/mol. The molecule has 2 aromatic rings. The Hall–Kier alpha value is -3.71. The summed E-state index contributed by atoms with van der Waals surface area (Å²) >= 11 is 0. The van der Waals surface area contributed by atoms with Crippen molar-refractivity contribution in [3.8, 4) is 16.9 Å². The summed E-state index contributed by atoms with van der Waals surface area (Å²) in [6.07, 6.45) is 0.269. The lowest BCUT2D eigenvalue weighted by atomic mass is 9.60. The number of aromatic hydroxyl groups is 1. The van der Waals surface area contributed by atoms with Crippen molar-refractivity contribution in [3.05, 3.63) is 75.8 Å². The normalized spacial score (nSPS) is 26.2. The van der Waals surface area contributed by atoms with Crippen LogP contribution in [0.25, 0.3) is 11.1 Å². The number of rotatable bonds is 2. The van der Waals surface area contributed by atoms with Gasteiger partial charge in [0, 0.05) is 17.9 Å². The van der Waals surface area contributed by atoms with Crippen LogP contribution in [0.1, 0.15) is 41.3 Å². The zero-order valence-corrected chi connectivity index (χ0v) is 18.8. The molecule has 0 aromatic heterocycles. The minimum absolute atomic E-state index is 0.0337. The van der Waals surface area contributed by atoms with E-state index in [-0.39, 0.29) is 29.7 Å². The fourth-order valence-corrected chi connectivity index (χ4v) is 5.73. The number of Topliss-reactive ketones (excluding diaryl/α,β-unsaturated/α-hetero) is 3. The molecule has 3 atom stereocenters. The van der Waals surface area contributed by atoms with E-state index >= 15 is 0 Å². The Morgan fingerprint density at radius 2 is 1.68 bits per heavy atom. The third kappa shape index (κ3) is 2.90. The smallest absolute Gasteiger partial charge is 0.209 e. The molecule has 0 heterocycles. The molecule has 3 aliphatic carbocycles. The van der Waals surface area contributed by atoms with Crippen LogP contribution in [0.3, 0.4) is 0 Å². The maximum atomic E-state index is 13.6. The second-order valence-electron chi connectivity index (χ2n) is 9.45. The first kappa shape index (κ1) is 22.1. The quantitative estimate of drug-likeness (QED) is 0.503. The van der Waals surface area contributed by atoms with E-state index in [4.69, 9.17) is 0 Å². The summed E-state index contributed by atoms with van der Waals surface area (Å²) < 4.78 is 0. The molecule has 3 unspecified atom stereocenters. The first-order chi connectivity index (χ1) is 16.1. The number of aryl methyl sites for hydroxylation is 1. The van der Waals surface area contributed by atoms with Gasteiger partial charge < -0.3 is 20.4 Å². The SMILES string of the molecule is CC(=O)C1=C(O)CC2CC3Cc4c(-c5ccc(C)cc5)ccc(O)c4C(=O)C3=C(O)C2(O)C1=O. The van der Waals surface area contributed by atoms with E-state index in [0.717, 1.165) is 23.6 Å². The largest absolute Gasteiger partial charge is 0.511 e. The van der Waals surface area contributed by atoms with Gasteiger partial charge in [0.25, 0.3) is 0 Å². The van der Waals surface area contributed by atoms with Gasteiger partial charge in [0.1, 0.15) is 22.8 Å². The van der Waals surface area contributed by atoms with Crippen molar-refractivity contribution in [2.75, 3.05) is 0 Å². The number of aliphatic hydroxyl groups excluding tert-OH is 2. The molecule has 0 saturated heterocycles. The molecular formula is C27H24O7. The molecule has 0 spiro atoms. The van der Waals surface area contributed by atoms with Crippen LogP contribution in [0.2, 0.25) is 0 Å². The number of fused-ring (bicyclic) bond motifs is 3. The molecule has 0 saturated carbocycles. The number of aliphatic hydroxyl groups is 3. The first-order valence-electron chi connectivity index (χ1n) is 11.2. The van der Waals surface area contributed by atoms with Crippen LogP contribution < -0.4 is 0 Å². The molecule has 0 aliphatic heterocycles. The highest BCUT2D eigenvalue weighted by Crippen LogP contribution is 2.52. The summed E-state index contributed by atoms with van der Waals surface area (Å²) in [6, 6.07) is 10.9. The number of ketones is 3. The van der Waals surface area contributed by atoms with Gasteiger partial charge in [-0.25, -0.2) is 0 Å². The molecule has 0 amide bonds. The molecule has 2 aromatic carbocycles. The number of hydrogen-bond acceptors (Lipinski definition) is 7. The van der Waals surface area contributed by atoms with Crippen molar-refractivity contribution < 1.29 is 34.8 Å². The van der Waals surface area contributed by atoms with E-state index < -0.39 is 51.9 Å². The van der Waals surface area contributed by atoms with Gasteiger partial charge in [-0.05, 0) is 55.4 Å². The first-order valence-corrected chi connectivity index (χ1v) is 11.2. The molecular weight excluding hydrogens is 436 g/mol. The fraction of sp³-hybridized carbons (Fsp3) is 0.296. The Morgan fingerprint density at radius 3 is 2.32 bits per heavy atom. The van der Waals surface area contributed by atoms with Crippen LogP contribution >= 0.6 is 0 Å². The Bertz CT molecular complexity index is 1350. The summed E-state index contributed by atoms with van der Waals surface area (Å²) in [4.78, 5) is 38.6. The van der Waals surface area contributed by atoms with Gasteiger partial charge in [0.05, 0.1) is 5.56 Å². The predicted octanol–water partition coefficient (Wildman–Crippen LogP) is 3.66. The van der Waals surface area contributed by atoms with Crippen LogP contribution in [0.5, 0.6) is 5.75 Å². The van der Waals surface area contributed by atoms with Gasteiger partial charge in [-0.3, -0.25) is 14.4 Å². The lowest BCUT2D eigenvalue weighted by Gasteiger charge is -2.45. The Labute approximate surface area is 195 Å². The maximum absolute atomic E-state index is 13.6. The van der Waals surface area contributed by atoms with E-state index in [9.17, 15) is 34.8 Å². The Kier molecular flexibility index (Phi) is 4.81. The lowest BCUT2D eigenvalue weighted by Crippen LogP contribution is -2.56. The zero-order chi connectivity index (χ0) is 24.5. The van der Waals surface area contributed by atoms with E-state index in [0.29, 0.717) is 12.0 Å². The standard InChI is InChI=1S/C27H24O7/c1-12-3-5-14(6-4-12)17-7-8-19(29)23-18(17)10-15-9-16-11-20(30)21(13(2)28)25(32)27(16,34)26(33)22(15)24(23)31/h3-8,15-16,29-30,33-34H,9-11H2,1-2H3. The van der Waals surface area contributed by atoms with Crippen LogP contribution in [0.4, 0.5) is 0 Å². The number of carbonyl (C=O) groups excluding carboxylic acids is 3. The van der Waals surface area contributed by atoms with Crippen molar-refractivity contribution in [2.24, 2.45) is 11.8 Å². The molecule has 174 valence electrons. The third-order valence-electron chi connectivity index (χ3n) is 7.41. The summed E-state index contributed by atoms with van der Waals surface area (Å²) in [5.74, 6) is -5.37. The molecule has 0 radical (unpaired) electrons. The van der Waals surface area contributed by atoms with Gasteiger partial charge in [0.2, 0.25) is 5.78 Å². The monoisotopic (exact) mass is 460 g/mol. The molecule has 0 fully saturated rings. The van der Waals surface area contributed by atoms with Gasteiger partial charge in [0.15, 0.2) is 17.2 Å². The van der Waals surface area contributed by atoms with Crippen LogP contribution in [-0.2, 0) is 16.0 Å². The molecule has 7 heteroatoms. The van der Waals surface area contributed by atoms with Crippen molar-refractivity contribution in [2.45, 2.75) is 38.7 Å². The third-order valence-corrected chi connectivity index (χ3v) is 7.41. The number of phenols is 1. The van der Waals surface area contributed by atoms with Gasteiger partial charge in [-0.1, -0.05) is 35.9 Å². The topological polar surface area (TPSA) is 132 Å². The van der Waals surface area contributed by atoms with Crippen molar-refractivity contribution >= 4 is 17.3 Å². The number of phenolic OH excluding ortho intramolecular Hbond substituents is 1.